The van der Waals surface area contributed by atoms with Crippen molar-refractivity contribution in [3.63, 3.8) is 0 Å². The largest absolute Gasteiger partial charge is 0.507 e. The molecule has 25 heavy (non-hydrogen) atoms. The minimum absolute atomic E-state index is 0.158. The van der Waals surface area contributed by atoms with E-state index < -0.39 is 0 Å². The number of anilines is 1. The van der Waals surface area contributed by atoms with E-state index in [1.54, 1.807) is 13.2 Å². The molecular weight excluding hydrogens is 314 g/mol. The number of phenolic OH excluding ortho intramolecular Hbond substituents is 1. The molecule has 0 bridgehead atoms. The van der Waals surface area contributed by atoms with Crippen LogP contribution in [0.4, 0.5) is 5.82 Å². The van der Waals surface area contributed by atoms with Crippen LogP contribution in [0.25, 0.3) is 11.3 Å². The Morgan fingerprint density at radius 3 is 2.24 bits per heavy atom. The van der Waals surface area contributed by atoms with Crippen molar-refractivity contribution in [1.29, 1.82) is 0 Å². The second kappa shape index (κ2) is 8.70. The molecule has 0 aliphatic carbocycles. The third-order valence-corrected chi connectivity index (χ3v) is 4.50. The maximum atomic E-state index is 10.4. The Balaban J connectivity index is 2.52. The van der Waals surface area contributed by atoms with Gasteiger partial charge in [0.2, 0.25) is 0 Å². The summed E-state index contributed by atoms with van der Waals surface area (Å²) in [7, 11) is 1.58. The van der Waals surface area contributed by atoms with Gasteiger partial charge in [0.1, 0.15) is 17.3 Å². The number of rotatable bonds is 8. The molecule has 136 valence electrons. The topological polar surface area (TPSA) is 67.3 Å². The molecule has 1 aromatic heterocycles. The minimum atomic E-state index is 0.158. The van der Waals surface area contributed by atoms with Gasteiger partial charge in [-0.15, -0.1) is 0 Å². The molecule has 0 aliphatic heterocycles. The first-order valence-electron chi connectivity index (χ1n) is 9.11. The van der Waals surface area contributed by atoms with Crippen LogP contribution in [0.5, 0.6) is 11.5 Å². The summed E-state index contributed by atoms with van der Waals surface area (Å²) >= 11 is 0. The van der Waals surface area contributed by atoms with Crippen molar-refractivity contribution in [3.8, 4) is 22.8 Å². The average Bonchev–Trinajstić information content (AvgIpc) is 2.65. The van der Waals surface area contributed by atoms with E-state index in [0.29, 0.717) is 17.4 Å². The zero-order chi connectivity index (χ0) is 18.4. The summed E-state index contributed by atoms with van der Waals surface area (Å²) in [6, 6.07) is 5.67. The van der Waals surface area contributed by atoms with Gasteiger partial charge in [0, 0.05) is 17.7 Å². The molecule has 1 aromatic carbocycles. The number of nitrogens with one attached hydrogen (secondary N) is 1. The number of aromatic nitrogens is 2. The van der Waals surface area contributed by atoms with Crippen molar-refractivity contribution in [2.45, 2.75) is 59.4 Å². The SMILES string of the molecule is CCc1nc(-c2ccc(OC)cc2O)c(CC)nc1NC(CC)CC. The zero-order valence-electron chi connectivity index (χ0n) is 15.9. The molecule has 5 heteroatoms. The lowest BCUT2D eigenvalue weighted by Gasteiger charge is -2.20. The summed E-state index contributed by atoms with van der Waals surface area (Å²) in [6.07, 6.45) is 3.62. The number of phenols is 1. The summed E-state index contributed by atoms with van der Waals surface area (Å²) in [4.78, 5) is 9.69. The predicted octanol–water partition coefficient (Wildman–Crippen LogP) is 4.58. The van der Waals surface area contributed by atoms with Crippen molar-refractivity contribution in [1.82, 2.24) is 9.97 Å². The number of methoxy groups -OCH3 is 1. The molecule has 0 amide bonds. The van der Waals surface area contributed by atoms with Crippen molar-refractivity contribution >= 4 is 5.82 Å². The standard InChI is InChI=1S/C20H29N3O2/c1-6-13(7-2)21-20-17(9-4)22-19(16(8-3)23-20)15-11-10-14(25-5)12-18(15)24/h10-13,24H,6-9H2,1-5H3,(H,21,23). The van der Waals surface area contributed by atoms with Gasteiger partial charge in [-0.05, 0) is 37.8 Å². The van der Waals surface area contributed by atoms with Crippen LogP contribution >= 0.6 is 0 Å². The lowest BCUT2D eigenvalue weighted by molar-refractivity contribution is 0.408. The number of ether oxygens (including phenoxy) is 1. The maximum absolute atomic E-state index is 10.4. The summed E-state index contributed by atoms with van der Waals surface area (Å²) in [6.45, 7) is 8.47. The minimum Gasteiger partial charge on any atom is -0.507 e. The Labute approximate surface area is 150 Å². The van der Waals surface area contributed by atoms with Crippen LogP contribution in [0.15, 0.2) is 18.2 Å². The molecule has 0 atom stereocenters. The average molecular weight is 343 g/mol. The second-order valence-corrected chi connectivity index (χ2v) is 6.06. The molecule has 2 aromatic rings. The third-order valence-electron chi connectivity index (χ3n) is 4.50. The fraction of sp³-hybridized carbons (Fsp3) is 0.500. The highest BCUT2D eigenvalue weighted by molar-refractivity contribution is 5.71. The van der Waals surface area contributed by atoms with E-state index >= 15 is 0 Å². The highest BCUT2D eigenvalue weighted by Gasteiger charge is 2.17. The van der Waals surface area contributed by atoms with E-state index in [1.165, 1.54) is 0 Å². The van der Waals surface area contributed by atoms with Gasteiger partial charge in [-0.3, -0.25) is 0 Å². The van der Waals surface area contributed by atoms with Crippen LogP contribution < -0.4 is 10.1 Å². The maximum Gasteiger partial charge on any atom is 0.148 e. The van der Waals surface area contributed by atoms with Gasteiger partial charge in [-0.1, -0.05) is 27.7 Å². The van der Waals surface area contributed by atoms with Crippen molar-refractivity contribution < 1.29 is 9.84 Å². The molecule has 5 nitrogen and oxygen atoms in total. The van der Waals surface area contributed by atoms with Gasteiger partial charge in [-0.2, -0.15) is 0 Å². The van der Waals surface area contributed by atoms with Crippen LogP contribution in [-0.2, 0) is 12.8 Å². The molecule has 0 saturated heterocycles. The second-order valence-electron chi connectivity index (χ2n) is 6.06. The first kappa shape index (κ1) is 19.0. The molecule has 0 spiro atoms. The number of aromatic hydroxyl groups is 1. The Bertz CT molecular complexity index is 712. The summed E-state index contributed by atoms with van der Waals surface area (Å²) in [5.41, 5.74) is 3.24. The van der Waals surface area contributed by atoms with Gasteiger partial charge in [-0.25, -0.2) is 9.97 Å². The predicted molar refractivity (Wildman–Crippen MR) is 102 cm³/mol. The lowest BCUT2D eigenvalue weighted by atomic mass is 10.1. The van der Waals surface area contributed by atoms with E-state index in [9.17, 15) is 5.11 Å². The Hall–Kier alpha value is -2.30. The van der Waals surface area contributed by atoms with Crippen LogP contribution in [0, 0.1) is 0 Å². The molecule has 0 radical (unpaired) electrons. The van der Waals surface area contributed by atoms with Crippen LogP contribution in [0.1, 0.15) is 51.9 Å². The van der Waals surface area contributed by atoms with Gasteiger partial charge in [0.25, 0.3) is 0 Å². The molecule has 2 N–H and O–H groups in total. The monoisotopic (exact) mass is 343 g/mol. The van der Waals surface area contributed by atoms with Crippen molar-refractivity contribution in [3.05, 3.63) is 29.6 Å². The molecule has 0 fully saturated rings. The highest BCUT2D eigenvalue weighted by Crippen LogP contribution is 2.34. The fourth-order valence-electron chi connectivity index (χ4n) is 2.85. The Morgan fingerprint density at radius 1 is 1.04 bits per heavy atom. The quantitative estimate of drug-likeness (QED) is 0.734. The smallest absolute Gasteiger partial charge is 0.148 e. The Morgan fingerprint density at radius 2 is 1.72 bits per heavy atom. The number of hydrogen-bond acceptors (Lipinski definition) is 5. The summed E-state index contributed by atoms with van der Waals surface area (Å²) in [5.74, 6) is 1.64. The summed E-state index contributed by atoms with van der Waals surface area (Å²) < 4.78 is 5.17. The van der Waals surface area contributed by atoms with E-state index in [-0.39, 0.29) is 5.75 Å². The highest BCUT2D eigenvalue weighted by atomic mass is 16.5. The number of aryl methyl sites for hydroxylation is 2. The number of benzene rings is 1. The van der Waals surface area contributed by atoms with Crippen molar-refractivity contribution in [2.75, 3.05) is 12.4 Å². The third kappa shape index (κ3) is 4.21. The molecule has 1 heterocycles. The van der Waals surface area contributed by atoms with Crippen molar-refractivity contribution in [2.24, 2.45) is 0 Å². The fourth-order valence-corrected chi connectivity index (χ4v) is 2.85. The van der Waals surface area contributed by atoms with Gasteiger partial charge >= 0.3 is 0 Å². The normalized spacial score (nSPS) is 11.0. The molecule has 0 unspecified atom stereocenters. The van der Waals surface area contributed by atoms with Crippen LogP contribution in [0.3, 0.4) is 0 Å². The van der Waals surface area contributed by atoms with E-state index in [1.807, 2.05) is 12.1 Å². The van der Waals surface area contributed by atoms with E-state index in [4.69, 9.17) is 14.7 Å². The summed E-state index contributed by atoms with van der Waals surface area (Å²) in [5, 5.41) is 13.9. The lowest BCUT2D eigenvalue weighted by Crippen LogP contribution is -2.20. The Kier molecular flexibility index (Phi) is 6.62. The molecular formula is C20H29N3O2. The molecule has 2 rings (SSSR count). The van der Waals surface area contributed by atoms with Crippen LogP contribution in [0.2, 0.25) is 0 Å². The van der Waals surface area contributed by atoms with E-state index in [2.05, 4.69) is 33.0 Å². The molecule has 0 aliphatic rings. The zero-order valence-corrected chi connectivity index (χ0v) is 15.9. The van der Waals surface area contributed by atoms with Crippen LogP contribution in [-0.4, -0.2) is 28.2 Å². The number of hydrogen-bond donors (Lipinski definition) is 2. The van der Waals surface area contributed by atoms with Gasteiger partial charge in [0.15, 0.2) is 0 Å². The van der Waals surface area contributed by atoms with Gasteiger partial charge in [0.05, 0.1) is 24.2 Å². The number of nitrogens with zero attached hydrogens (tertiary/aromatic N) is 2. The van der Waals surface area contributed by atoms with E-state index in [0.717, 1.165) is 48.6 Å². The van der Waals surface area contributed by atoms with Gasteiger partial charge < -0.3 is 15.2 Å². The molecule has 0 saturated carbocycles. The first-order valence-corrected chi connectivity index (χ1v) is 9.11. The first-order chi connectivity index (χ1) is 12.1.